The molecule has 2 aromatic carbocycles. The van der Waals surface area contributed by atoms with Crippen molar-refractivity contribution in [1.29, 1.82) is 5.26 Å². The maximum Gasteiger partial charge on any atom is 0.410 e. The average molecular weight is 353 g/mol. The van der Waals surface area contributed by atoms with Crippen LogP contribution in [0.5, 0.6) is 0 Å². The number of hydrogen-bond acceptors (Lipinski definition) is 5. The fourth-order valence-electron chi connectivity index (χ4n) is 2.47. The van der Waals surface area contributed by atoms with Crippen molar-refractivity contribution in [3.05, 3.63) is 65.2 Å². The largest absolute Gasteiger partial charge is 0.445 e. The first-order chi connectivity index (χ1) is 12.4. The van der Waals surface area contributed by atoms with Crippen LogP contribution >= 0.6 is 0 Å². The molecule has 2 rings (SSSR count). The van der Waals surface area contributed by atoms with Crippen LogP contribution in [0, 0.1) is 11.3 Å². The lowest BCUT2D eigenvalue weighted by atomic mass is 10.0. The van der Waals surface area contributed by atoms with E-state index in [0.717, 1.165) is 5.56 Å². The summed E-state index contributed by atoms with van der Waals surface area (Å²) in [6, 6.07) is 16.0. The van der Waals surface area contributed by atoms with E-state index >= 15 is 0 Å². The van der Waals surface area contributed by atoms with E-state index in [9.17, 15) is 9.90 Å². The van der Waals surface area contributed by atoms with Gasteiger partial charge in [0, 0.05) is 11.7 Å². The van der Waals surface area contributed by atoms with Gasteiger partial charge in [0.2, 0.25) is 0 Å². The highest BCUT2D eigenvalue weighted by molar-refractivity contribution is 5.68. The second-order valence-electron chi connectivity index (χ2n) is 6.26. The Kier molecular flexibility index (Phi) is 6.59. The van der Waals surface area contributed by atoms with E-state index in [-0.39, 0.29) is 19.2 Å². The fraction of sp³-hybridized carbons (Fsp3) is 0.300. The Hall–Kier alpha value is -3.04. The Morgan fingerprint density at radius 1 is 1.27 bits per heavy atom. The number of nitrogens with two attached hydrogens (primary N) is 1. The maximum atomic E-state index is 12.4. The Balaban J connectivity index is 2.05. The number of carbonyl (C=O) groups excluding carboxylic acids is 1. The van der Waals surface area contributed by atoms with Crippen LogP contribution in [0.25, 0.3) is 0 Å². The van der Waals surface area contributed by atoms with Crippen molar-refractivity contribution in [1.82, 2.24) is 4.90 Å². The lowest BCUT2D eigenvalue weighted by molar-refractivity contribution is 0.0570. The summed E-state index contributed by atoms with van der Waals surface area (Å²) in [6.45, 7) is 3.92. The van der Waals surface area contributed by atoms with Crippen molar-refractivity contribution in [3.63, 3.8) is 0 Å². The molecule has 0 aliphatic heterocycles. The van der Waals surface area contributed by atoms with Gasteiger partial charge in [-0.3, -0.25) is 0 Å². The summed E-state index contributed by atoms with van der Waals surface area (Å²) in [4.78, 5) is 13.9. The van der Waals surface area contributed by atoms with Gasteiger partial charge in [-0.25, -0.2) is 4.79 Å². The molecule has 0 fully saturated rings. The number of nitriles is 1. The smallest absolute Gasteiger partial charge is 0.410 e. The number of nitrogen functional groups attached to an aromatic ring is 1. The van der Waals surface area contributed by atoms with Gasteiger partial charge in [-0.1, -0.05) is 36.4 Å². The first-order valence-corrected chi connectivity index (χ1v) is 8.37. The van der Waals surface area contributed by atoms with Crippen LogP contribution in [-0.4, -0.2) is 28.7 Å². The number of rotatable bonds is 6. The molecular formula is C20H23N3O3. The molecule has 0 aliphatic rings. The molecule has 0 bridgehead atoms. The van der Waals surface area contributed by atoms with E-state index in [2.05, 4.69) is 0 Å². The molecule has 0 saturated heterocycles. The van der Waals surface area contributed by atoms with Crippen LogP contribution in [0.15, 0.2) is 48.5 Å². The third-order valence-electron chi connectivity index (χ3n) is 4.02. The second-order valence-corrected chi connectivity index (χ2v) is 6.26. The molecule has 6 heteroatoms. The third-order valence-corrected chi connectivity index (χ3v) is 4.02. The number of nitrogens with zero attached hydrogens (tertiary/aromatic N) is 2. The molecule has 0 saturated carbocycles. The molecule has 0 radical (unpaired) electrons. The van der Waals surface area contributed by atoms with Crippen molar-refractivity contribution in [3.8, 4) is 6.07 Å². The zero-order chi connectivity index (χ0) is 19.1. The number of amides is 1. The number of carbonyl (C=O) groups is 1. The zero-order valence-electron chi connectivity index (χ0n) is 14.9. The highest BCUT2D eigenvalue weighted by Gasteiger charge is 2.23. The minimum Gasteiger partial charge on any atom is -0.445 e. The molecule has 0 spiro atoms. The molecule has 6 nitrogen and oxygen atoms in total. The Morgan fingerprint density at radius 2 is 1.96 bits per heavy atom. The van der Waals surface area contributed by atoms with Gasteiger partial charge < -0.3 is 20.5 Å². The van der Waals surface area contributed by atoms with Crippen molar-refractivity contribution in [2.45, 2.75) is 32.6 Å². The lowest BCUT2D eigenvalue weighted by Gasteiger charge is -2.28. The number of ether oxygens (including phenoxy) is 1. The summed E-state index contributed by atoms with van der Waals surface area (Å²) in [7, 11) is 0. The summed E-state index contributed by atoms with van der Waals surface area (Å²) < 4.78 is 5.36. The monoisotopic (exact) mass is 353 g/mol. The van der Waals surface area contributed by atoms with Gasteiger partial charge >= 0.3 is 6.09 Å². The van der Waals surface area contributed by atoms with Crippen LogP contribution in [0.3, 0.4) is 0 Å². The molecule has 0 heterocycles. The van der Waals surface area contributed by atoms with Crippen molar-refractivity contribution in [2.24, 2.45) is 0 Å². The molecule has 136 valence electrons. The van der Waals surface area contributed by atoms with E-state index < -0.39 is 12.2 Å². The van der Waals surface area contributed by atoms with Gasteiger partial charge in [-0.15, -0.1) is 0 Å². The number of anilines is 1. The van der Waals surface area contributed by atoms with Crippen LogP contribution < -0.4 is 5.73 Å². The number of hydrogen-bond donors (Lipinski definition) is 2. The highest BCUT2D eigenvalue weighted by Crippen LogP contribution is 2.21. The quantitative estimate of drug-likeness (QED) is 0.777. The maximum absolute atomic E-state index is 12.4. The SMILES string of the molecule is CC(C)N(CC(O)c1ccc(N)c(C#N)c1)C(=O)OCc1ccccc1. The molecule has 26 heavy (non-hydrogen) atoms. The summed E-state index contributed by atoms with van der Waals surface area (Å²) in [5.74, 6) is 0. The predicted octanol–water partition coefficient (Wildman–Crippen LogP) is 3.22. The number of aliphatic hydroxyl groups is 1. The first kappa shape index (κ1) is 19.3. The minimum absolute atomic E-state index is 0.0556. The minimum atomic E-state index is -0.950. The molecule has 3 N–H and O–H groups in total. The normalized spacial score (nSPS) is 11.7. The average Bonchev–Trinajstić information content (AvgIpc) is 2.65. The number of benzene rings is 2. The fourth-order valence-corrected chi connectivity index (χ4v) is 2.47. The Morgan fingerprint density at radius 3 is 2.58 bits per heavy atom. The molecule has 2 aromatic rings. The van der Waals surface area contributed by atoms with E-state index in [0.29, 0.717) is 16.8 Å². The van der Waals surface area contributed by atoms with Crippen LogP contribution in [0.2, 0.25) is 0 Å². The summed E-state index contributed by atoms with van der Waals surface area (Å²) >= 11 is 0. The van der Waals surface area contributed by atoms with Gasteiger partial charge in [-0.2, -0.15) is 5.26 Å². The molecular weight excluding hydrogens is 330 g/mol. The van der Waals surface area contributed by atoms with Gasteiger partial charge in [-0.05, 0) is 37.1 Å². The van der Waals surface area contributed by atoms with Crippen molar-refractivity contribution in [2.75, 3.05) is 12.3 Å². The van der Waals surface area contributed by atoms with Gasteiger partial charge in [0.05, 0.1) is 18.2 Å². The lowest BCUT2D eigenvalue weighted by Crippen LogP contribution is -2.40. The van der Waals surface area contributed by atoms with Crippen LogP contribution in [0.4, 0.5) is 10.5 Å². The zero-order valence-corrected chi connectivity index (χ0v) is 14.9. The van der Waals surface area contributed by atoms with Crippen molar-refractivity contribution < 1.29 is 14.6 Å². The number of aliphatic hydroxyl groups excluding tert-OH is 1. The summed E-state index contributed by atoms with van der Waals surface area (Å²) in [5, 5.41) is 19.6. The molecule has 0 aliphatic carbocycles. The Labute approximate surface area is 153 Å². The van der Waals surface area contributed by atoms with E-state index in [4.69, 9.17) is 15.7 Å². The topological polar surface area (TPSA) is 99.6 Å². The van der Waals surface area contributed by atoms with E-state index in [1.54, 1.807) is 12.1 Å². The van der Waals surface area contributed by atoms with E-state index in [1.807, 2.05) is 50.2 Å². The third kappa shape index (κ3) is 4.98. The van der Waals surface area contributed by atoms with Crippen LogP contribution in [0.1, 0.15) is 36.6 Å². The van der Waals surface area contributed by atoms with Gasteiger partial charge in [0.1, 0.15) is 12.7 Å². The van der Waals surface area contributed by atoms with Crippen LogP contribution in [-0.2, 0) is 11.3 Å². The molecule has 1 amide bonds. The highest BCUT2D eigenvalue weighted by atomic mass is 16.6. The molecule has 0 aromatic heterocycles. The Bertz CT molecular complexity index is 785. The standard InChI is InChI=1S/C20H23N3O3/c1-14(2)23(20(25)26-13-15-6-4-3-5-7-15)12-19(24)16-8-9-18(22)17(10-16)11-21/h3-10,14,19,24H,12-13,22H2,1-2H3. The van der Waals surface area contributed by atoms with Gasteiger partial charge in [0.25, 0.3) is 0 Å². The van der Waals surface area contributed by atoms with E-state index in [1.165, 1.54) is 11.0 Å². The van der Waals surface area contributed by atoms with Crippen molar-refractivity contribution >= 4 is 11.8 Å². The molecule has 1 atom stereocenters. The summed E-state index contributed by atoms with van der Waals surface area (Å²) in [5.41, 5.74) is 7.77. The first-order valence-electron chi connectivity index (χ1n) is 8.37. The van der Waals surface area contributed by atoms with Gasteiger partial charge in [0.15, 0.2) is 0 Å². The predicted molar refractivity (Wildman–Crippen MR) is 99.0 cm³/mol. The summed E-state index contributed by atoms with van der Waals surface area (Å²) in [6.07, 6.45) is -1.45. The second kappa shape index (κ2) is 8.88. The molecule has 1 unspecified atom stereocenters.